The van der Waals surface area contributed by atoms with Crippen molar-refractivity contribution in [1.29, 1.82) is 0 Å². The fourth-order valence-electron chi connectivity index (χ4n) is 3.43. The van der Waals surface area contributed by atoms with Crippen molar-refractivity contribution in [3.05, 3.63) is 35.1 Å². The van der Waals surface area contributed by atoms with Gasteiger partial charge >= 0.3 is 0 Å². The summed E-state index contributed by atoms with van der Waals surface area (Å²) < 4.78 is 0. The van der Waals surface area contributed by atoms with E-state index in [4.69, 9.17) is 11.5 Å². The van der Waals surface area contributed by atoms with Crippen LogP contribution in [-0.2, 0) is 4.79 Å². The van der Waals surface area contributed by atoms with E-state index >= 15 is 0 Å². The molecule has 0 aromatic heterocycles. The van der Waals surface area contributed by atoms with Crippen molar-refractivity contribution in [2.75, 3.05) is 6.54 Å². The SMILES string of the molecule is CC1=CC=C2CCCCN3C(C(=O)N=C(N)N)=CC1C23. The Morgan fingerprint density at radius 3 is 2.90 bits per heavy atom. The molecule has 2 heterocycles. The van der Waals surface area contributed by atoms with Crippen molar-refractivity contribution in [3.63, 3.8) is 0 Å². The lowest BCUT2D eigenvalue weighted by molar-refractivity contribution is -0.115. The van der Waals surface area contributed by atoms with Crippen LogP contribution in [0.3, 0.4) is 0 Å². The van der Waals surface area contributed by atoms with E-state index in [-0.39, 0.29) is 23.8 Å². The van der Waals surface area contributed by atoms with Gasteiger partial charge in [-0.2, -0.15) is 4.99 Å². The van der Waals surface area contributed by atoms with Gasteiger partial charge in [-0.3, -0.25) is 4.79 Å². The van der Waals surface area contributed by atoms with E-state index in [1.807, 2.05) is 6.08 Å². The van der Waals surface area contributed by atoms with Crippen molar-refractivity contribution >= 4 is 11.9 Å². The molecule has 5 nitrogen and oxygen atoms in total. The van der Waals surface area contributed by atoms with Crippen LogP contribution >= 0.6 is 0 Å². The number of allylic oxidation sites excluding steroid dienone is 2. The van der Waals surface area contributed by atoms with Gasteiger partial charge in [0, 0.05) is 12.5 Å². The average Bonchev–Trinajstić information content (AvgIpc) is 2.64. The molecule has 20 heavy (non-hydrogen) atoms. The number of amides is 1. The number of hydrogen-bond acceptors (Lipinski definition) is 2. The summed E-state index contributed by atoms with van der Waals surface area (Å²) in [7, 11) is 0. The van der Waals surface area contributed by atoms with Gasteiger partial charge in [0.25, 0.3) is 5.91 Å². The molecule has 2 unspecified atom stereocenters. The fourth-order valence-corrected chi connectivity index (χ4v) is 3.43. The Morgan fingerprint density at radius 2 is 2.15 bits per heavy atom. The Balaban J connectivity index is 2.00. The van der Waals surface area contributed by atoms with E-state index < -0.39 is 0 Å². The standard InChI is InChI=1S/C15H20N4O/c1-9-5-6-10-4-2-3-7-19-12(8-11(9)13(10)19)14(20)18-15(16)17/h5-6,8,11,13H,2-4,7H2,1H3,(H4,16,17,18,20). The summed E-state index contributed by atoms with van der Waals surface area (Å²) in [4.78, 5) is 18.1. The molecule has 2 atom stereocenters. The van der Waals surface area contributed by atoms with Crippen LogP contribution in [0.15, 0.2) is 40.1 Å². The van der Waals surface area contributed by atoms with Crippen LogP contribution in [0.2, 0.25) is 0 Å². The molecule has 0 radical (unpaired) electrons. The third-order valence-corrected chi connectivity index (χ3v) is 4.35. The van der Waals surface area contributed by atoms with Crippen molar-refractivity contribution < 1.29 is 4.79 Å². The number of carbonyl (C=O) groups excluding carboxylic acids is 1. The summed E-state index contributed by atoms with van der Waals surface area (Å²) in [5, 5.41) is 0. The molecular formula is C15H20N4O. The number of carbonyl (C=O) groups is 1. The molecule has 1 fully saturated rings. The highest BCUT2D eigenvalue weighted by molar-refractivity contribution is 6.01. The summed E-state index contributed by atoms with van der Waals surface area (Å²) in [5.74, 6) is -0.224. The van der Waals surface area contributed by atoms with E-state index in [9.17, 15) is 4.79 Å². The first-order valence-corrected chi connectivity index (χ1v) is 7.07. The van der Waals surface area contributed by atoms with Crippen LogP contribution < -0.4 is 11.5 Å². The van der Waals surface area contributed by atoms with Gasteiger partial charge in [0.05, 0.1) is 6.04 Å². The third kappa shape index (κ3) is 2.03. The maximum Gasteiger partial charge on any atom is 0.296 e. The van der Waals surface area contributed by atoms with Crippen LogP contribution in [0.5, 0.6) is 0 Å². The van der Waals surface area contributed by atoms with E-state index in [1.54, 1.807) is 0 Å². The average molecular weight is 272 g/mol. The minimum atomic E-state index is -0.326. The second kappa shape index (κ2) is 4.81. The maximum atomic E-state index is 12.2. The quantitative estimate of drug-likeness (QED) is 0.552. The molecule has 0 aromatic carbocycles. The molecule has 3 aliphatic rings. The van der Waals surface area contributed by atoms with Gasteiger partial charge in [-0.1, -0.05) is 17.7 Å². The molecule has 0 bridgehead atoms. The molecule has 4 N–H and O–H groups in total. The highest BCUT2D eigenvalue weighted by atomic mass is 16.1. The number of guanidine groups is 1. The number of aliphatic imine (C=N–C) groups is 1. The second-order valence-corrected chi connectivity index (χ2v) is 5.67. The molecular weight excluding hydrogens is 252 g/mol. The Labute approximate surface area is 118 Å². The predicted molar refractivity (Wildman–Crippen MR) is 78.6 cm³/mol. The Bertz CT molecular complexity index is 566. The van der Waals surface area contributed by atoms with Gasteiger partial charge in [0.15, 0.2) is 5.96 Å². The minimum Gasteiger partial charge on any atom is -0.370 e. The van der Waals surface area contributed by atoms with Gasteiger partial charge in [-0.05, 0) is 37.8 Å². The van der Waals surface area contributed by atoms with Gasteiger partial charge in [0.1, 0.15) is 5.70 Å². The number of nitrogens with zero attached hydrogens (tertiary/aromatic N) is 2. The molecule has 0 aromatic rings. The molecule has 1 saturated heterocycles. The van der Waals surface area contributed by atoms with Gasteiger partial charge in [-0.15, -0.1) is 0 Å². The normalized spacial score (nSPS) is 27.9. The number of rotatable bonds is 1. The largest absolute Gasteiger partial charge is 0.370 e. The smallest absolute Gasteiger partial charge is 0.296 e. The van der Waals surface area contributed by atoms with Crippen LogP contribution in [0.25, 0.3) is 0 Å². The predicted octanol–water partition coefficient (Wildman–Crippen LogP) is 1.04. The van der Waals surface area contributed by atoms with Crippen molar-refractivity contribution in [3.8, 4) is 0 Å². The zero-order valence-corrected chi connectivity index (χ0v) is 11.7. The Kier molecular flexibility index (Phi) is 3.12. The van der Waals surface area contributed by atoms with E-state index in [1.165, 1.54) is 17.6 Å². The lowest BCUT2D eigenvalue weighted by Crippen LogP contribution is -2.38. The molecule has 1 aliphatic carbocycles. The number of nitrogens with two attached hydrogens (primary N) is 2. The maximum absolute atomic E-state index is 12.2. The van der Waals surface area contributed by atoms with Crippen LogP contribution in [0.1, 0.15) is 26.2 Å². The first-order chi connectivity index (χ1) is 9.58. The first-order valence-electron chi connectivity index (χ1n) is 7.07. The lowest BCUT2D eigenvalue weighted by Gasteiger charge is -2.33. The molecule has 3 rings (SSSR count). The summed E-state index contributed by atoms with van der Waals surface area (Å²) in [6, 6.07) is 0.288. The molecule has 0 saturated carbocycles. The van der Waals surface area contributed by atoms with Gasteiger partial charge in [0.2, 0.25) is 0 Å². The molecule has 106 valence electrons. The molecule has 0 spiro atoms. The highest BCUT2D eigenvalue weighted by Crippen LogP contribution is 2.42. The topological polar surface area (TPSA) is 84.7 Å². The summed E-state index contributed by atoms with van der Waals surface area (Å²) in [5.41, 5.74) is 14.0. The summed E-state index contributed by atoms with van der Waals surface area (Å²) in [6.45, 7) is 3.01. The lowest BCUT2D eigenvalue weighted by atomic mass is 9.83. The number of hydrogen-bond donors (Lipinski definition) is 2. The Hall–Kier alpha value is -2.04. The van der Waals surface area contributed by atoms with Crippen molar-refractivity contribution in [2.45, 2.75) is 32.2 Å². The highest BCUT2D eigenvalue weighted by Gasteiger charge is 2.41. The molecule has 1 amide bonds. The zero-order valence-electron chi connectivity index (χ0n) is 11.7. The minimum absolute atomic E-state index is 0.177. The van der Waals surface area contributed by atoms with Crippen LogP contribution in [0, 0.1) is 5.92 Å². The van der Waals surface area contributed by atoms with Gasteiger partial charge < -0.3 is 16.4 Å². The summed E-state index contributed by atoms with van der Waals surface area (Å²) in [6.07, 6.45) is 9.79. The van der Waals surface area contributed by atoms with Crippen molar-refractivity contribution in [1.82, 2.24) is 4.90 Å². The fraction of sp³-hybridized carbons (Fsp3) is 0.467. The third-order valence-electron chi connectivity index (χ3n) is 4.35. The summed E-state index contributed by atoms with van der Waals surface area (Å²) >= 11 is 0. The second-order valence-electron chi connectivity index (χ2n) is 5.67. The van der Waals surface area contributed by atoms with Crippen LogP contribution in [-0.4, -0.2) is 29.4 Å². The molecule has 5 heteroatoms. The van der Waals surface area contributed by atoms with Crippen molar-refractivity contribution in [2.24, 2.45) is 22.4 Å². The molecule has 2 aliphatic heterocycles. The van der Waals surface area contributed by atoms with Gasteiger partial charge in [-0.25, -0.2) is 0 Å². The monoisotopic (exact) mass is 272 g/mol. The zero-order chi connectivity index (χ0) is 14.3. The Morgan fingerprint density at radius 1 is 1.35 bits per heavy atom. The first kappa shape index (κ1) is 13.0. The van der Waals surface area contributed by atoms with E-state index in [2.05, 4.69) is 29.0 Å². The van der Waals surface area contributed by atoms with Crippen LogP contribution in [0.4, 0.5) is 0 Å². The van der Waals surface area contributed by atoms with E-state index in [0.717, 1.165) is 19.4 Å². The van der Waals surface area contributed by atoms with E-state index in [0.29, 0.717) is 5.70 Å².